The van der Waals surface area contributed by atoms with E-state index in [1.165, 1.54) is 19.3 Å². The molecule has 0 spiro atoms. The number of amides is 1. The van der Waals surface area contributed by atoms with Gasteiger partial charge in [0.1, 0.15) is 0 Å². The molecule has 1 aromatic rings. The van der Waals surface area contributed by atoms with Crippen LogP contribution >= 0.6 is 0 Å². The molecule has 1 aromatic carbocycles. The first-order valence-electron chi connectivity index (χ1n) is 7.73. The molecule has 1 fully saturated rings. The number of carbonyl (C=O) groups excluding carboxylic acids is 1. The summed E-state index contributed by atoms with van der Waals surface area (Å²) in [5, 5.41) is 6.26. The third-order valence-corrected chi connectivity index (χ3v) is 4.47. The van der Waals surface area contributed by atoms with Crippen molar-refractivity contribution < 1.29 is 4.79 Å². The largest absolute Gasteiger partial charge is 0.352 e. The quantitative estimate of drug-likeness (QED) is 0.837. The van der Waals surface area contributed by atoms with Gasteiger partial charge in [-0.15, -0.1) is 0 Å². The van der Waals surface area contributed by atoms with Gasteiger partial charge >= 0.3 is 0 Å². The zero-order valence-electron chi connectivity index (χ0n) is 12.6. The third kappa shape index (κ3) is 3.83. The van der Waals surface area contributed by atoms with Crippen LogP contribution < -0.4 is 10.6 Å². The van der Waals surface area contributed by atoms with Crippen LogP contribution in [0.5, 0.6) is 0 Å². The molecule has 0 aliphatic heterocycles. The monoisotopic (exact) mass is 274 g/mol. The van der Waals surface area contributed by atoms with Gasteiger partial charge in [-0.05, 0) is 49.9 Å². The molecular formula is C17H26N2O. The lowest BCUT2D eigenvalue weighted by Crippen LogP contribution is -2.31. The van der Waals surface area contributed by atoms with Crippen molar-refractivity contribution in [1.82, 2.24) is 10.6 Å². The summed E-state index contributed by atoms with van der Waals surface area (Å²) >= 11 is 0. The Balaban J connectivity index is 1.94. The van der Waals surface area contributed by atoms with Crippen LogP contribution in [0.1, 0.15) is 42.1 Å². The first-order valence-corrected chi connectivity index (χ1v) is 7.73. The van der Waals surface area contributed by atoms with Gasteiger partial charge in [0, 0.05) is 12.1 Å². The minimum atomic E-state index is 0.0794. The van der Waals surface area contributed by atoms with Crippen LogP contribution in [-0.2, 0) is 6.42 Å². The van der Waals surface area contributed by atoms with Gasteiger partial charge in [-0.25, -0.2) is 0 Å². The minimum Gasteiger partial charge on any atom is -0.352 e. The lowest BCUT2D eigenvalue weighted by Gasteiger charge is -2.17. The normalized spacial score (nSPS) is 21.9. The van der Waals surface area contributed by atoms with E-state index in [2.05, 4.69) is 17.6 Å². The molecule has 0 bridgehead atoms. The maximum Gasteiger partial charge on any atom is 0.251 e. The highest BCUT2D eigenvalue weighted by molar-refractivity contribution is 5.95. The maximum absolute atomic E-state index is 12.4. The van der Waals surface area contributed by atoms with E-state index in [0.29, 0.717) is 5.92 Å². The molecule has 110 valence electrons. The molecule has 1 aliphatic rings. The zero-order valence-corrected chi connectivity index (χ0v) is 12.6. The van der Waals surface area contributed by atoms with E-state index >= 15 is 0 Å². The summed E-state index contributed by atoms with van der Waals surface area (Å²) < 4.78 is 0. The van der Waals surface area contributed by atoms with Crippen molar-refractivity contribution in [3.8, 4) is 0 Å². The van der Waals surface area contributed by atoms with Gasteiger partial charge in [-0.1, -0.05) is 38.0 Å². The first-order chi connectivity index (χ1) is 9.72. The maximum atomic E-state index is 12.4. The summed E-state index contributed by atoms with van der Waals surface area (Å²) in [7, 11) is 1.93. The van der Waals surface area contributed by atoms with Gasteiger partial charge in [0.05, 0.1) is 0 Å². The van der Waals surface area contributed by atoms with E-state index < -0.39 is 0 Å². The second-order valence-electron chi connectivity index (χ2n) is 5.89. The van der Waals surface area contributed by atoms with Crippen LogP contribution in [0, 0.1) is 11.8 Å². The molecule has 1 amide bonds. The number of benzene rings is 1. The van der Waals surface area contributed by atoms with Crippen LogP contribution in [0.25, 0.3) is 0 Å². The van der Waals surface area contributed by atoms with E-state index in [-0.39, 0.29) is 5.91 Å². The molecule has 0 saturated heterocycles. The Labute approximate surface area is 122 Å². The lowest BCUT2D eigenvalue weighted by molar-refractivity contribution is 0.0943. The molecule has 2 atom stereocenters. The number of hydrogen-bond acceptors (Lipinski definition) is 2. The summed E-state index contributed by atoms with van der Waals surface area (Å²) in [6, 6.07) is 7.92. The number of hydrogen-bond donors (Lipinski definition) is 2. The van der Waals surface area contributed by atoms with Crippen molar-refractivity contribution in [1.29, 1.82) is 0 Å². The van der Waals surface area contributed by atoms with E-state index in [1.54, 1.807) is 0 Å². The standard InChI is InChI=1S/C17H26N2O/c1-13-6-5-8-15(13)12-19-17(20)16-9-4-3-7-14(16)10-11-18-2/h3-4,7,9,13,15,18H,5-6,8,10-12H2,1-2H3,(H,19,20). The van der Waals surface area contributed by atoms with Crippen molar-refractivity contribution in [2.24, 2.45) is 11.8 Å². The molecule has 2 rings (SSSR count). The van der Waals surface area contributed by atoms with E-state index in [1.807, 2.05) is 31.3 Å². The van der Waals surface area contributed by atoms with Crippen molar-refractivity contribution in [2.75, 3.05) is 20.1 Å². The Morgan fingerprint density at radius 2 is 2.10 bits per heavy atom. The molecule has 1 saturated carbocycles. The predicted octanol–water partition coefficient (Wildman–Crippen LogP) is 2.61. The van der Waals surface area contributed by atoms with Gasteiger partial charge < -0.3 is 10.6 Å². The Kier molecular flexibility index (Phi) is 5.60. The van der Waals surface area contributed by atoms with Crippen molar-refractivity contribution in [3.63, 3.8) is 0 Å². The topological polar surface area (TPSA) is 41.1 Å². The molecule has 2 unspecified atom stereocenters. The van der Waals surface area contributed by atoms with Gasteiger partial charge in [-0.2, -0.15) is 0 Å². The van der Waals surface area contributed by atoms with E-state index in [4.69, 9.17) is 0 Å². The second kappa shape index (κ2) is 7.44. The molecular weight excluding hydrogens is 248 g/mol. The van der Waals surface area contributed by atoms with Crippen LogP contribution in [0.3, 0.4) is 0 Å². The minimum absolute atomic E-state index is 0.0794. The van der Waals surface area contributed by atoms with Gasteiger partial charge in [0.2, 0.25) is 0 Å². The Morgan fingerprint density at radius 1 is 1.30 bits per heavy atom. The van der Waals surface area contributed by atoms with Gasteiger partial charge in [0.25, 0.3) is 5.91 Å². The van der Waals surface area contributed by atoms with Crippen LogP contribution in [0.4, 0.5) is 0 Å². The molecule has 0 heterocycles. The third-order valence-electron chi connectivity index (χ3n) is 4.47. The summed E-state index contributed by atoms with van der Waals surface area (Å²) in [5.74, 6) is 1.48. The summed E-state index contributed by atoms with van der Waals surface area (Å²) in [5.41, 5.74) is 1.95. The SMILES string of the molecule is CNCCc1ccccc1C(=O)NCC1CCCC1C. The highest BCUT2D eigenvalue weighted by Gasteiger charge is 2.23. The molecule has 0 radical (unpaired) electrons. The lowest BCUT2D eigenvalue weighted by atomic mass is 9.98. The Hall–Kier alpha value is -1.35. The molecule has 1 aliphatic carbocycles. The summed E-state index contributed by atoms with van der Waals surface area (Å²) in [6.07, 6.45) is 4.75. The van der Waals surface area contributed by atoms with Crippen molar-refractivity contribution in [3.05, 3.63) is 35.4 Å². The predicted molar refractivity (Wildman–Crippen MR) is 82.9 cm³/mol. The summed E-state index contributed by atoms with van der Waals surface area (Å²) in [6.45, 7) is 4.01. The molecule has 20 heavy (non-hydrogen) atoms. The summed E-state index contributed by atoms with van der Waals surface area (Å²) in [4.78, 5) is 12.4. The fraction of sp³-hybridized carbons (Fsp3) is 0.588. The van der Waals surface area contributed by atoms with Gasteiger partial charge in [0.15, 0.2) is 0 Å². The fourth-order valence-corrected chi connectivity index (χ4v) is 3.06. The van der Waals surface area contributed by atoms with Crippen LogP contribution in [0.2, 0.25) is 0 Å². The van der Waals surface area contributed by atoms with Crippen LogP contribution in [-0.4, -0.2) is 26.0 Å². The number of rotatable bonds is 6. The van der Waals surface area contributed by atoms with Crippen molar-refractivity contribution in [2.45, 2.75) is 32.6 Å². The highest BCUT2D eigenvalue weighted by atomic mass is 16.1. The number of likely N-dealkylation sites (N-methyl/N-ethyl adjacent to an activating group) is 1. The van der Waals surface area contributed by atoms with E-state index in [9.17, 15) is 4.79 Å². The van der Waals surface area contributed by atoms with Crippen LogP contribution in [0.15, 0.2) is 24.3 Å². The average Bonchev–Trinajstić information content (AvgIpc) is 2.88. The number of carbonyl (C=O) groups is 1. The Bertz CT molecular complexity index is 444. The second-order valence-corrected chi connectivity index (χ2v) is 5.89. The smallest absolute Gasteiger partial charge is 0.251 e. The molecule has 0 aromatic heterocycles. The first kappa shape index (κ1) is 15.0. The van der Waals surface area contributed by atoms with Gasteiger partial charge in [-0.3, -0.25) is 4.79 Å². The number of nitrogens with one attached hydrogen (secondary N) is 2. The Morgan fingerprint density at radius 3 is 2.80 bits per heavy atom. The van der Waals surface area contributed by atoms with E-state index in [0.717, 1.165) is 36.6 Å². The van der Waals surface area contributed by atoms with Crippen molar-refractivity contribution >= 4 is 5.91 Å². The molecule has 3 nitrogen and oxygen atoms in total. The zero-order chi connectivity index (χ0) is 14.4. The highest BCUT2D eigenvalue weighted by Crippen LogP contribution is 2.30. The average molecular weight is 274 g/mol. The molecule has 2 N–H and O–H groups in total. The fourth-order valence-electron chi connectivity index (χ4n) is 3.06. The molecule has 3 heteroatoms.